The van der Waals surface area contributed by atoms with Crippen molar-refractivity contribution in [1.29, 1.82) is 0 Å². The van der Waals surface area contributed by atoms with Crippen LogP contribution in [0.5, 0.6) is 0 Å². The van der Waals surface area contributed by atoms with E-state index in [9.17, 15) is 0 Å². The third kappa shape index (κ3) is 3.36. The molecule has 1 heteroatoms. The molecule has 0 N–H and O–H groups in total. The fourth-order valence-electron chi connectivity index (χ4n) is 0. The van der Waals surface area contributed by atoms with Gasteiger partial charge < -0.3 is 0 Å². The maximum atomic E-state index is 2.27. The molecule has 7 heavy (non-hydrogen) atoms. The zero-order valence-electron chi connectivity index (χ0n) is 5.78. The van der Waals surface area contributed by atoms with E-state index in [2.05, 4.69) is 49.4 Å². The van der Waals surface area contributed by atoms with Gasteiger partial charge in [0.2, 0.25) is 21.7 Å². The third-order valence-electron chi connectivity index (χ3n) is 1.56. The normalized spacial score (nSPS) is 12.6. The van der Waals surface area contributed by atoms with Crippen molar-refractivity contribution in [2.45, 2.75) is 31.2 Å². The van der Waals surface area contributed by atoms with Crippen LogP contribution in [-0.2, 0) is 0 Å². The molecule has 0 aliphatic heterocycles. The minimum Gasteiger partial charge on any atom is -0.159 e. The average Bonchev–Trinajstić information content (AvgIpc) is 1.31. The van der Waals surface area contributed by atoms with Crippen molar-refractivity contribution in [2.75, 3.05) is 0 Å². The Bertz CT molecular complexity index is 49.7. The lowest BCUT2D eigenvalue weighted by Gasteiger charge is -2.26. The van der Waals surface area contributed by atoms with Crippen LogP contribution in [0.25, 0.3) is 0 Å². The Balaban J connectivity index is 3.54. The van der Waals surface area contributed by atoms with Crippen molar-refractivity contribution in [3.63, 3.8) is 0 Å². The Labute approximate surface area is 59.1 Å². The van der Waals surface area contributed by atoms with Crippen molar-refractivity contribution in [3.8, 4) is 0 Å². The second kappa shape index (κ2) is 2.36. The molecule has 0 atom stereocenters. The molecule has 0 aromatic rings. The van der Waals surface area contributed by atoms with E-state index in [0.717, 1.165) is 5.92 Å². The number of rotatable bonds is 1. The van der Waals surface area contributed by atoms with Gasteiger partial charge in [0.05, 0.1) is 0 Å². The van der Waals surface area contributed by atoms with Gasteiger partial charge in [0.15, 0.2) is 0 Å². The highest BCUT2D eigenvalue weighted by Gasteiger charge is 2.10. The second-order valence-electron chi connectivity index (χ2n) is 3.14. The van der Waals surface area contributed by atoms with Gasteiger partial charge in [-0.15, -0.1) is 0 Å². The Morgan fingerprint density at radius 1 is 1.29 bits per heavy atom. The molecular formula is C6H13Mg. The topological polar surface area (TPSA) is 0 Å². The van der Waals surface area contributed by atoms with Crippen molar-refractivity contribution in [3.05, 3.63) is 0 Å². The predicted octanol–water partition coefficient (Wildman–Crippen LogP) is 2.01. The van der Waals surface area contributed by atoms with E-state index in [1.807, 2.05) is 0 Å². The zero-order chi connectivity index (χ0) is 6.08. The van der Waals surface area contributed by atoms with Crippen molar-refractivity contribution in [1.82, 2.24) is 0 Å². The summed E-state index contributed by atoms with van der Waals surface area (Å²) in [4.78, 5) is 0. The molecule has 0 spiro atoms. The minimum absolute atomic E-state index is 0.528. The van der Waals surface area contributed by atoms with Crippen LogP contribution in [0.4, 0.5) is 0 Å². The number of hydrogen-bond donors (Lipinski definition) is 0. The first kappa shape index (κ1) is 7.77. The molecule has 0 saturated heterocycles. The fourth-order valence-corrected chi connectivity index (χ4v) is 0. The molecule has 39 valence electrons. The molecule has 0 amide bonds. The summed E-state index contributed by atoms with van der Waals surface area (Å²) in [5, 5.41) is 0. The maximum Gasteiger partial charge on any atom is 0.232 e. The largest absolute Gasteiger partial charge is 0.232 e. The van der Waals surface area contributed by atoms with Crippen molar-refractivity contribution < 1.29 is 0 Å². The summed E-state index contributed by atoms with van der Waals surface area (Å²) < 4.78 is 0.528. The molecule has 1 radical (unpaired) electrons. The van der Waals surface area contributed by atoms with Gasteiger partial charge in [-0.25, -0.2) is 0 Å². The molecular weight excluding hydrogens is 96.4 g/mol. The van der Waals surface area contributed by atoms with Crippen LogP contribution in [0.3, 0.4) is 0 Å². The third-order valence-corrected chi connectivity index (χ3v) is 2.38. The first-order chi connectivity index (χ1) is 2.94. The summed E-state index contributed by atoms with van der Waals surface area (Å²) in [5.74, 6) is 0.811. The van der Waals surface area contributed by atoms with Gasteiger partial charge in [0.1, 0.15) is 0 Å². The first-order valence-electron chi connectivity index (χ1n) is 2.80. The first-order valence-corrected chi connectivity index (χ1v) is 3.50. The van der Waals surface area contributed by atoms with Crippen LogP contribution in [0, 0.1) is 5.92 Å². The van der Waals surface area contributed by atoms with Crippen molar-refractivity contribution >= 4 is 21.7 Å². The Morgan fingerprint density at radius 2 is 1.43 bits per heavy atom. The van der Waals surface area contributed by atoms with Crippen LogP contribution in [-0.4, -0.2) is 21.7 Å². The monoisotopic (exact) mass is 109 g/mol. The van der Waals surface area contributed by atoms with Gasteiger partial charge >= 0.3 is 0 Å². The molecule has 0 aliphatic carbocycles. The summed E-state index contributed by atoms with van der Waals surface area (Å²) in [7, 11) is 0. The lowest BCUT2D eigenvalue weighted by atomic mass is 9.99. The fraction of sp³-hybridized carbons (Fsp3) is 1.00. The van der Waals surface area contributed by atoms with E-state index < -0.39 is 0 Å². The van der Waals surface area contributed by atoms with Crippen LogP contribution in [0.1, 0.15) is 27.7 Å². The summed E-state index contributed by atoms with van der Waals surface area (Å²) in [5.41, 5.74) is 0. The quantitative estimate of drug-likeness (QED) is 0.452. The SMILES string of the molecule is CC(C)[C](C)(C)[Mg]. The lowest BCUT2D eigenvalue weighted by Crippen LogP contribution is -2.09. The lowest BCUT2D eigenvalue weighted by molar-refractivity contribution is 0.480. The maximum absolute atomic E-state index is 2.27. The van der Waals surface area contributed by atoms with Gasteiger partial charge in [0, 0.05) is 0 Å². The number of hydrogen-bond acceptors (Lipinski definition) is 0. The average molecular weight is 109 g/mol. The molecule has 0 unspecified atom stereocenters. The Morgan fingerprint density at radius 3 is 1.43 bits per heavy atom. The molecule has 0 aliphatic rings. The summed E-state index contributed by atoms with van der Waals surface area (Å²) in [6, 6.07) is 0. The second-order valence-corrected chi connectivity index (χ2v) is 4.97. The molecule has 0 saturated carbocycles. The van der Waals surface area contributed by atoms with Gasteiger partial charge in [0.25, 0.3) is 0 Å². The summed E-state index contributed by atoms with van der Waals surface area (Å²) in [6.07, 6.45) is 0. The Kier molecular flexibility index (Phi) is 2.62. The minimum atomic E-state index is 0.528. The smallest absolute Gasteiger partial charge is 0.159 e. The zero-order valence-corrected chi connectivity index (χ0v) is 7.20. The molecule has 0 aromatic heterocycles. The van der Waals surface area contributed by atoms with Gasteiger partial charge in [-0.05, 0) is 0 Å². The predicted molar refractivity (Wildman–Crippen MR) is 34.6 cm³/mol. The highest BCUT2D eigenvalue weighted by atomic mass is 24.4. The van der Waals surface area contributed by atoms with E-state index in [1.54, 1.807) is 0 Å². The van der Waals surface area contributed by atoms with E-state index in [-0.39, 0.29) is 0 Å². The standard InChI is InChI=1S/C6H13.Mg/c1-5(2)6(3)4;/h5H,1-4H3;. The van der Waals surface area contributed by atoms with Crippen molar-refractivity contribution in [2.24, 2.45) is 5.92 Å². The van der Waals surface area contributed by atoms with Crippen LogP contribution < -0.4 is 0 Å². The molecule has 0 aromatic carbocycles. The highest BCUT2D eigenvalue weighted by molar-refractivity contribution is 6.14. The van der Waals surface area contributed by atoms with E-state index in [0.29, 0.717) is 3.54 Å². The molecule has 0 nitrogen and oxygen atoms in total. The summed E-state index contributed by atoms with van der Waals surface area (Å²) >= 11 is 2.07. The van der Waals surface area contributed by atoms with Crippen LogP contribution in [0.15, 0.2) is 0 Å². The van der Waals surface area contributed by atoms with Gasteiger partial charge in [-0.2, -0.15) is 3.54 Å². The molecule has 0 bridgehead atoms. The van der Waals surface area contributed by atoms with Crippen LogP contribution >= 0.6 is 0 Å². The van der Waals surface area contributed by atoms with E-state index >= 15 is 0 Å². The molecule has 0 heterocycles. The van der Waals surface area contributed by atoms with E-state index in [4.69, 9.17) is 0 Å². The summed E-state index contributed by atoms with van der Waals surface area (Å²) in [6.45, 7) is 9.06. The van der Waals surface area contributed by atoms with Gasteiger partial charge in [-0.3, -0.25) is 0 Å². The van der Waals surface area contributed by atoms with Gasteiger partial charge in [-0.1, -0.05) is 33.6 Å². The molecule has 0 rings (SSSR count). The molecule has 0 fully saturated rings. The van der Waals surface area contributed by atoms with Crippen LogP contribution in [0.2, 0.25) is 3.54 Å². The highest BCUT2D eigenvalue weighted by Crippen LogP contribution is 2.28. The Hall–Kier alpha value is 0.766. The van der Waals surface area contributed by atoms with E-state index in [1.165, 1.54) is 0 Å².